The second-order valence-corrected chi connectivity index (χ2v) is 16.4. The molecule has 0 unspecified atom stereocenters. The lowest BCUT2D eigenvalue weighted by Crippen LogP contribution is -2.74. The monoisotopic (exact) mass is 767 g/mol. The second-order valence-electron chi connectivity index (χ2n) is 15.4. The Balaban J connectivity index is 1.39. The van der Waals surface area contributed by atoms with Gasteiger partial charge >= 0.3 is 18.2 Å². The Morgan fingerprint density at radius 1 is 0.873 bits per heavy atom. The van der Waals surface area contributed by atoms with E-state index in [1.807, 2.05) is 66.7 Å². The van der Waals surface area contributed by atoms with Crippen molar-refractivity contribution >= 4 is 41.8 Å². The van der Waals surface area contributed by atoms with Crippen molar-refractivity contribution in [3.8, 4) is 5.75 Å². The molecular weight excluding hydrogens is 723 g/mol. The second kappa shape index (κ2) is 16.0. The number of amides is 3. The van der Waals surface area contributed by atoms with E-state index in [1.54, 1.807) is 65.1 Å². The van der Waals surface area contributed by atoms with Crippen LogP contribution in [0.25, 0.3) is 0 Å². The van der Waals surface area contributed by atoms with E-state index in [1.165, 1.54) is 16.7 Å². The van der Waals surface area contributed by atoms with Gasteiger partial charge in [-0.15, -0.1) is 11.8 Å². The molecule has 12 nitrogen and oxygen atoms in total. The van der Waals surface area contributed by atoms with Crippen LogP contribution in [0, 0.1) is 0 Å². The van der Waals surface area contributed by atoms with E-state index in [-0.39, 0.29) is 18.1 Å². The molecule has 0 aliphatic carbocycles. The fourth-order valence-electron chi connectivity index (χ4n) is 6.55. The van der Waals surface area contributed by atoms with E-state index in [4.69, 9.17) is 18.9 Å². The molecule has 3 aromatic rings. The highest BCUT2D eigenvalue weighted by Gasteiger charge is 2.57. The highest BCUT2D eigenvalue weighted by molar-refractivity contribution is 8.03. The van der Waals surface area contributed by atoms with Crippen LogP contribution < -0.4 is 15.4 Å². The van der Waals surface area contributed by atoms with E-state index in [2.05, 4.69) is 10.6 Å². The summed E-state index contributed by atoms with van der Waals surface area (Å²) in [6.07, 6.45) is -1.91. The predicted molar refractivity (Wildman–Crippen MR) is 206 cm³/mol. The highest BCUT2D eigenvalue weighted by atomic mass is 32.2. The minimum atomic E-state index is -1.28. The normalized spacial score (nSPS) is 20.4. The van der Waals surface area contributed by atoms with Crippen LogP contribution in [-0.2, 0) is 35.0 Å². The lowest BCUT2D eigenvalue weighted by Gasteiger charge is -2.52. The van der Waals surface area contributed by atoms with Crippen molar-refractivity contribution in [1.29, 1.82) is 0 Å². The zero-order valence-electron chi connectivity index (χ0n) is 31.6. The third-order valence-corrected chi connectivity index (χ3v) is 10.0. The first kappa shape index (κ1) is 39.1. The van der Waals surface area contributed by atoms with Crippen LogP contribution in [0.5, 0.6) is 5.75 Å². The maximum Gasteiger partial charge on any atom is 0.514 e. The van der Waals surface area contributed by atoms with Gasteiger partial charge in [0.15, 0.2) is 12.1 Å². The minimum Gasteiger partial charge on any atom is -0.451 e. The number of hydrogen-bond donors (Lipinski definition) is 2. The number of nitrogens with one attached hydrogen (secondary N) is 2. The molecule has 0 radical (unpaired) electrons. The Hall–Kier alpha value is -5.56. The van der Waals surface area contributed by atoms with Gasteiger partial charge in [0.25, 0.3) is 0 Å². The number of nitrogens with zero attached hydrogens (tertiary/aromatic N) is 1. The molecule has 3 aromatic carbocycles. The molecule has 3 heterocycles. The predicted octanol–water partition coefficient (Wildman–Crippen LogP) is 6.75. The van der Waals surface area contributed by atoms with Crippen molar-refractivity contribution in [2.24, 2.45) is 0 Å². The summed E-state index contributed by atoms with van der Waals surface area (Å²) in [6, 6.07) is 23.2. The number of carbonyl (C=O) groups is 5. The fourth-order valence-corrected chi connectivity index (χ4v) is 7.81. The average molecular weight is 768 g/mol. The molecular formula is C42H45N3O9S. The van der Waals surface area contributed by atoms with Crippen molar-refractivity contribution in [3.63, 3.8) is 0 Å². The lowest BCUT2D eigenvalue weighted by atomic mass is 9.86. The van der Waals surface area contributed by atoms with Crippen molar-refractivity contribution in [2.45, 2.75) is 89.1 Å². The Kier molecular flexibility index (Phi) is 11.4. The Morgan fingerprint density at radius 2 is 1.51 bits per heavy atom. The van der Waals surface area contributed by atoms with Crippen molar-refractivity contribution < 1.29 is 42.9 Å². The van der Waals surface area contributed by atoms with Gasteiger partial charge in [0.2, 0.25) is 11.8 Å². The van der Waals surface area contributed by atoms with Crippen LogP contribution in [0.1, 0.15) is 70.8 Å². The van der Waals surface area contributed by atoms with E-state index >= 15 is 0 Å². The molecule has 3 amide bonds. The molecule has 3 atom stereocenters. The summed E-state index contributed by atoms with van der Waals surface area (Å²) in [5.41, 5.74) is 1.98. The molecule has 0 aromatic heterocycles. The number of thioether (sulfide) groups is 1. The van der Waals surface area contributed by atoms with E-state index < -0.39 is 58.9 Å². The summed E-state index contributed by atoms with van der Waals surface area (Å²) in [6.45, 7) is 10.8. The van der Waals surface area contributed by atoms with Crippen LogP contribution in [0.2, 0.25) is 0 Å². The minimum absolute atomic E-state index is 0.150. The van der Waals surface area contributed by atoms with Gasteiger partial charge in [-0.3, -0.25) is 9.59 Å². The van der Waals surface area contributed by atoms with Crippen LogP contribution in [0.15, 0.2) is 107 Å². The standard InChI is InChI=1S/C42H45N3O9S/c1-41(2,3)53-39(49)44-32-36(47)45-33(38(48)52-34(26-15-9-7-10-16-26)27-17-11-8-12-18-27)31(24-55-37(32)45)30(29-20-21-43-35(29)46)23-25-14-13-19-28(22-25)51-40(50)54-42(4,5)6/h7-19,22,24,32-34,37H,20-21,23H2,1-6H3,(H,43,46)(H,44,49)/t32-,33-,37-/m1/s1. The summed E-state index contributed by atoms with van der Waals surface area (Å²) in [7, 11) is 0. The third kappa shape index (κ3) is 9.40. The number of rotatable bonds is 9. The average Bonchev–Trinajstić information content (AvgIpc) is 3.55. The van der Waals surface area contributed by atoms with Gasteiger partial charge in [0.1, 0.15) is 28.4 Å². The van der Waals surface area contributed by atoms with E-state index in [0.717, 1.165) is 11.1 Å². The van der Waals surface area contributed by atoms with Crippen molar-refractivity contribution in [1.82, 2.24) is 15.5 Å². The zero-order chi connectivity index (χ0) is 39.5. The third-order valence-electron chi connectivity index (χ3n) is 8.84. The molecule has 3 aliphatic heterocycles. The molecule has 3 aliphatic rings. The van der Waals surface area contributed by atoms with Crippen LogP contribution in [0.3, 0.4) is 0 Å². The number of ether oxygens (including phenoxy) is 4. The van der Waals surface area contributed by atoms with Crippen LogP contribution in [-0.4, -0.2) is 70.1 Å². The Labute approximate surface area is 324 Å². The van der Waals surface area contributed by atoms with Crippen LogP contribution >= 0.6 is 11.8 Å². The maximum absolute atomic E-state index is 14.8. The summed E-state index contributed by atoms with van der Waals surface area (Å²) < 4.78 is 22.6. The number of fused-ring (bicyclic) bond motifs is 1. The van der Waals surface area contributed by atoms with Gasteiger partial charge in [-0.25, -0.2) is 14.4 Å². The molecule has 6 rings (SSSR count). The highest BCUT2D eigenvalue weighted by Crippen LogP contribution is 2.45. The molecule has 288 valence electrons. The van der Waals surface area contributed by atoms with Gasteiger partial charge in [0.05, 0.1) is 0 Å². The van der Waals surface area contributed by atoms with Gasteiger partial charge in [-0.05, 0) is 99.8 Å². The van der Waals surface area contributed by atoms with Gasteiger partial charge < -0.3 is 34.5 Å². The van der Waals surface area contributed by atoms with E-state index in [9.17, 15) is 24.0 Å². The number of alkyl carbamates (subject to hydrolysis) is 1. The van der Waals surface area contributed by atoms with Gasteiger partial charge in [0, 0.05) is 12.1 Å². The fraction of sp³-hybridized carbons (Fsp3) is 0.357. The van der Waals surface area contributed by atoms with Gasteiger partial charge in [-0.1, -0.05) is 72.8 Å². The molecule has 55 heavy (non-hydrogen) atoms. The number of carbonyl (C=O) groups excluding carboxylic acids is 5. The summed E-state index contributed by atoms with van der Waals surface area (Å²) in [5, 5.41) is 6.65. The first-order chi connectivity index (χ1) is 26.1. The van der Waals surface area contributed by atoms with E-state index in [0.29, 0.717) is 35.2 Å². The SMILES string of the molecule is CC(C)(C)OC(=O)N[C@@H]1C(=O)N2[C@@H](C(=O)OC(c3ccccc3)c3ccccc3)C(C(Cc3cccc(OC(=O)OC(C)(C)C)c3)=C3CCNC3=O)=CS[C@H]12. The molecule has 2 saturated heterocycles. The topological polar surface area (TPSA) is 150 Å². The number of β-lactam (4-membered cyclic amide) rings is 1. The molecule has 0 spiro atoms. The summed E-state index contributed by atoms with van der Waals surface area (Å²) in [4.78, 5) is 68.9. The van der Waals surface area contributed by atoms with Gasteiger partial charge in [-0.2, -0.15) is 0 Å². The summed E-state index contributed by atoms with van der Waals surface area (Å²) in [5.74, 6) is -1.27. The Morgan fingerprint density at radius 3 is 2.09 bits per heavy atom. The Bertz CT molecular complexity index is 1980. The first-order valence-electron chi connectivity index (χ1n) is 18.1. The first-order valence-corrected chi connectivity index (χ1v) is 19.0. The quantitative estimate of drug-likeness (QED) is 0.0787. The largest absolute Gasteiger partial charge is 0.514 e. The van der Waals surface area contributed by atoms with Crippen molar-refractivity contribution in [3.05, 3.63) is 124 Å². The smallest absolute Gasteiger partial charge is 0.451 e. The number of benzene rings is 3. The lowest BCUT2D eigenvalue weighted by molar-refractivity contribution is -0.164. The number of esters is 1. The molecule has 2 fully saturated rings. The maximum atomic E-state index is 14.8. The summed E-state index contributed by atoms with van der Waals surface area (Å²) >= 11 is 1.25. The van der Waals surface area contributed by atoms with Crippen molar-refractivity contribution in [2.75, 3.05) is 6.54 Å². The molecule has 0 saturated carbocycles. The molecule has 2 N–H and O–H groups in total. The number of hydrogen-bond acceptors (Lipinski definition) is 10. The zero-order valence-corrected chi connectivity index (χ0v) is 32.4. The molecule has 0 bridgehead atoms. The molecule has 13 heteroatoms. The van der Waals surface area contributed by atoms with Crippen LogP contribution in [0.4, 0.5) is 9.59 Å².